The molecule has 0 saturated carbocycles. The average molecular weight is 530 g/mol. The van der Waals surface area contributed by atoms with Crippen molar-refractivity contribution in [3.63, 3.8) is 0 Å². The Labute approximate surface area is 222 Å². The number of pyridine rings is 1. The minimum absolute atomic E-state index is 0.0140. The summed E-state index contributed by atoms with van der Waals surface area (Å²) >= 11 is 1.20. The fourth-order valence-corrected chi connectivity index (χ4v) is 4.14. The molecule has 1 amide bonds. The summed E-state index contributed by atoms with van der Waals surface area (Å²) in [6.07, 6.45) is 7.78. The van der Waals surface area contributed by atoms with Crippen molar-refractivity contribution in [2.75, 3.05) is 12.4 Å². The molecule has 0 saturated heterocycles. The van der Waals surface area contributed by atoms with Crippen LogP contribution >= 0.6 is 11.8 Å². The molecule has 0 aliphatic heterocycles. The van der Waals surface area contributed by atoms with Crippen molar-refractivity contribution in [1.82, 2.24) is 25.2 Å². The lowest BCUT2D eigenvalue weighted by atomic mass is 10.2. The maximum atomic E-state index is 12.4. The third kappa shape index (κ3) is 6.68. The van der Waals surface area contributed by atoms with Gasteiger partial charge in [0.05, 0.1) is 22.8 Å². The monoisotopic (exact) mass is 529 g/mol. The minimum Gasteiger partial charge on any atom is -0.494 e. The summed E-state index contributed by atoms with van der Waals surface area (Å²) in [4.78, 5) is 27.2. The maximum Gasteiger partial charge on any atom is 0.276 e. The number of nitro benzene ring substituents is 1. The van der Waals surface area contributed by atoms with Crippen LogP contribution in [0.15, 0.2) is 89.4 Å². The van der Waals surface area contributed by atoms with Crippen LogP contribution in [0.1, 0.15) is 12.5 Å². The number of allylic oxidation sites excluding steroid dienone is 1. The number of thioether (sulfide) groups is 1. The van der Waals surface area contributed by atoms with Crippen LogP contribution in [0.3, 0.4) is 0 Å². The van der Waals surface area contributed by atoms with E-state index in [2.05, 4.69) is 25.7 Å². The molecule has 0 spiro atoms. The Hall–Kier alpha value is -4.84. The minimum atomic E-state index is -0.457. The number of hydrogen-bond acceptors (Lipinski definition) is 9. The molecule has 4 rings (SSSR count). The predicted octanol–water partition coefficient (Wildman–Crippen LogP) is 4.54. The predicted molar refractivity (Wildman–Crippen MR) is 145 cm³/mol. The van der Waals surface area contributed by atoms with Gasteiger partial charge in [-0.2, -0.15) is 5.10 Å². The first kappa shape index (κ1) is 26.2. The molecule has 0 aliphatic carbocycles. The van der Waals surface area contributed by atoms with Crippen LogP contribution in [0.2, 0.25) is 0 Å². The lowest BCUT2D eigenvalue weighted by Gasteiger charge is -2.11. The number of rotatable bonds is 11. The molecule has 0 unspecified atom stereocenters. The van der Waals surface area contributed by atoms with Crippen LogP contribution in [0.25, 0.3) is 23.2 Å². The van der Waals surface area contributed by atoms with Crippen LogP contribution in [-0.4, -0.2) is 49.2 Å². The van der Waals surface area contributed by atoms with Crippen molar-refractivity contribution in [3.05, 3.63) is 94.8 Å². The summed E-state index contributed by atoms with van der Waals surface area (Å²) in [5.74, 6) is 1.01. The highest BCUT2D eigenvalue weighted by molar-refractivity contribution is 7.99. The molecule has 2 aromatic carbocycles. The molecule has 0 radical (unpaired) electrons. The molecule has 0 fully saturated rings. The molecular formula is C26H23N7O4S. The van der Waals surface area contributed by atoms with Crippen molar-refractivity contribution >= 4 is 35.6 Å². The molecule has 0 atom stereocenters. The second-order valence-electron chi connectivity index (χ2n) is 7.59. The number of benzene rings is 2. The summed E-state index contributed by atoms with van der Waals surface area (Å²) in [5, 5.41) is 24.1. The molecule has 12 heteroatoms. The number of amides is 1. The van der Waals surface area contributed by atoms with Gasteiger partial charge in [0.1, 0.15) is 5.75 Å². The van der Waals surface area contributed by atoms with E-state index >= 15 is 0 Å². The maximum absolute atomic E-state index is 12.4. The number of nitrogens with one attached hydrogen (secondary N) is 1. The smallest absolute Gasteiger partial charge is 0.276 e. The first-order valence-electron chi connectivity index (χ1n) is 11.5. The summed E-state index contributed by atoms with van der Waals surface area (Å²) in [5.41, 5.74) is 4.44. The lowest BCUT2D eigenvalue weighted by molar-refractivity contribution is -0.385. The van der Waals surface area contributed by atoms with Crippen LogP contribution < -0.4 is 10.2 Å². The normalized spacial score (nSPS) is 11.2. The van der Waals surface area contributed by atoms with Gasteiger partial charge in [0, 0.05) is 35.9 Å². The van der Waals surface area contributed by atoms with E-state index < -0.39 is 4.92 Å². The van der Waals surface area contributed by atoms with Crippen molar-refractivity contribution in [2.24, 2.45) is 5.10 Å². The molecule has 2 aromatic heterocycles. The summed E-state index contributed by atoms with van der Waals surface area (Å²) < 4.78 is 7.39. The van der Waals surface area contributed by atoms with Gasteiger partial charge in [0.2, 0.25) is 0 Å². The Morgan fingerprint density at radius 3 is 2.71 bits per heavy atom. The molecule has 38 heavy (non-hydrogen) atoms. The van der Waals surface area contributed by atoms with Crippen LogP contribution in [0.5, 0.6) is 5.75 Å². The van der Waals surface area contributed by atoms with Gasteiger partial charge in [-0.3, -0.25) is 24.5 Å². The van der Waals surface area contributed by atoms with Crippen molar-refractivity contribution < 1.29 is 14.5 Å². The number of para-hydroxylation sites is 1. The van der Waals surface area contributed by atoms with Crippen LogP contribution in [-0.2, 0) is 4.79 Å². The number of carbonyl (C=O) groups excluding carboxylic acids is 1. The van der Waals surface area contributed by atoms with E-state index in [1.165, 1.54) is 30.1 Å². The van der Waals surface area contributed by atoms with Gasteiger partial charge in [-0.05, 0) is 61.5 Å². The van der Waals surface area contributed by atoms with E-state index in [1.807, 2.05) is 47.9 Å². The molecule has 0 bridgehead atoms. The highest BCUT2D eigenvalue weighted by Crippen LogP contribution is 2.28. The molecule has 1 N–H and O–H groups in total. The van der Waals surface area contributed by atoms with Gasteiger partial charge in [0.15, 0.2) is 11.0 Å². The molecule has 0 aliphatic rings. The largest absolute Gasteiger partial charge is 0.494 e. The van der Waals surface area contributed by atoms with E-state index in [0.29, 0.717) is 23.2 Å². The highest BCUT2D eigenvalue weighted by atomic mass is 32.2. The first-order valence-corrected chi connectivity index (χ1v) is 12.5. The van der Waals surface area contributed by atoms with E-state index in [4.69, 9.17) is 4.74 Å². The summed E-state index contributed by atoms with van der Waals surface area (Å²) in [6.45, 7) is 2.48. The zero-order valence-electron chi connectivity index (χ0n) is 20.3. The first-order chi connectivity index (χ1) is 18.6. The van der Waals surface area contributed by atoms with Gasteiger partial charge >= 0.3 is 0 Å². The Balaban J connectivity index is 1.43. The average Bonchev–Trinajstić information content (AvgIpc) is 3.37. The van der Waals surface area contributed by atoms with Gasteiger partial charge in [-0.15, -0.1) is 10.2 Å². The van der Waals surface area contributed by atoms with Crippen molar-refractivity contribution in [2.45, 2.75) is 12.1 Å². The van der Waals surface area contributed by atoms with Crippen molar-refractivity contribution in [1.29, 1.82) is 0 Å². The fraction of sp³-hybridized carbons (Fsp3) is 0.115. The highest BCUT2D eigenvalue weighted by Gasteiger charge is 2.17. The standard InChI is InChI=1S/C26H23N7O4S/c1-2-37-22-13-11-21(12-14-22)32-25(20-9-5-15-27-17-20)30-31-26(32)38-18-24(34)29-28-16-6-8-19-7-3-4-10-23(19)33(35)36/h3-17H,2,18H2,1H3,(H,29,34)/b8-6+,28-16-. The number of nitro groups is 1. The lowest BCUT2D eigenvalue weighted by Crippen LogP contribution is -2.19. The quantitative estimate of drug-likeness (QED) is 0.129. The van der Waals surface area contributed by atoms with Gasteiger partial charge in [-0.1, -0.05) is 23.9 Å². The second kappa shape index (κ2) is 12.9. The summed E-state index contributed by atoms with van der Waals surface area (Å²) in [7, 11) is 0. The Bertz CT molecular complexity index is 1450. The third-order valence-electron chi connectivity index (χ3n) is 5.05. The number of ether oxygens (including phenoxy) is 1. The zero-order chi connectivity index (χ0) is 26.7. The van der Waals surface area contributed by atoms with E-state index in [-0.39, 0.29) is 17.3 Å². The fourth-order valence-electron chi connectivity index (χ4n) is 3.39. The second-order valence-corrected chi connectivity index (χ2v) is 8.53. The van der Waals surface area contributed by atoms with E-state index in [1.54, 1.807) is 36.7 Å². The molecular weight excluding hydrogens is 506 g/mol. The van der Waals surface area contributed by atoms with Gasteiger partial charge in [0.25, 0.3) is 11.6 Å². The topological polar surface area (TPSA) is 137 Å². The number of hydrazone groups is 1. The number of hydrogen-bond donors (Lipinski definition) is 1. The summed E-state index contributed by atoms with van der Waals surface area (Å²) in [6, 6.07) is 17.5. The van der Waals surface area contributed by atoms with E-state index in [0.717, 1.165) is 17.0 Å². The van der Waals surface area contributed by atoms with Gasteiger partial charge in [-0.25, -0.2) is 5.43 Å². The van der Waals surface area contributed by atoms with Crippen LogP contribution in [0, 0.1) is 10.1 Å². The molecule has 11 nitrogen and oxygen atoms in total. The molecule has 4 aromatic rings. The number of aromatic nitrogens is 4. The van der Waals surface area contributed by atoms with Gasteiger partial charge < -0.3 is 4.74 Å². The Morgan fingerprint density at radius 1 is 1.16 bits per heavy atom. The number of carbonyl (C=O) groups is 1. The van der Waals surface area contributed by atoms with E-state index in [9.17, 15) is 14.9 Å². The molecule has 2 heterocycles. The molecule has 192 valence electrons. The Kier molecular flexibility index (Phi) is 8.92. The third-order valence-corrected chi connectivity index (χ3v) is 5.98. The SMILES string of the molecule is CCOc1ccc(-n2c(SCC(=O)N/N=C\C=C\c3ccccc3[N+](=O)[O-])nnc2-c2cccnc2)cc1. The zero-order valence-corrected chi connectivity index (χ0v) is 21.1. The number of nitrogens with zero attached hydrogens (tertiary/aromatic N) is 6. The Morgan fingerprint density at radius 2 is 1.97 bits per heavy atom. The van der Waals surface area contributed by atoms with Crippen LogP contribution in [0.4, 0.5) is 5.69 Å². The van der Waals surface area contributed by atoms with Crippen molar-refractivity contribution in [3.8, 4) is 22.8 Å².